The summed E-state index contributed by atoms with van der Waals surface area (Å²) in [5.41, 5.74) is 2.19. The van der Waals surface area contributed by atoms with Crippen LogP contribution in [0, 0.1) is 0 Å². The third kappa shape index (κ3) is 2.56. The van der Waals surface area contributed by atoms with E-state index in [1.807, 2.05) is 48.5 Å². The molecule has 20 heavy (non-hydrogen) atoms. The van der Waals surface area contributed by atoms with Gasteiger partial charge in [0.15, 0.2) is 0 Å². The highest BCUT2D eigenvalue weighted by Gasteiger charge is 2.09. The largest absolute Gasteiger partial charge is 0.321 e. The molecule has 0 saturated carbocycles. The van der Waals surface area contributed by atoms with Crippen molar-refractivity contribution in [3.8, 4) is 0 Å². The first kappa shape index (κ1) is 12.8. The van der Waals surface area contributed by atoms with Gasteiger partial charge in [-0.2, -0.15) is 0 Å². The monoisotopic (exact) mass is 326 g/mol. The SMILES string of the molecule is O=C(Nc1cnc2ccccc2c1)c1ccccc1Br. The molecular formula is C16H11BrN2O. The number of para-hydroxylation sites is 1. The number of hydrogen-bond acceptors (Lipinski definition) is 2. The molecule has 3 nitrogen and oxygen atoms in total. The van der Waals surface area contributed by atoms with E-state index in [0.29, 0.717) is 11.3 Å². The molecule has 0 bridgehead atoms. The summed E-state index contributed by atoms with van der Waals surface area (Å²) in [5.74, 6) is -0.158. The first-order valence-corrected chi connectivity index (χ1v) is 6.94. The van der Waals surface area contributed by atoms with E-state index in [1.54, 1.807) is 12.3 Å². The van der Waals surface area contributed by atoms with Crippen LogP contribution >= 0.6 is 15.9 Å². The van der Waals surface area contributed by atoms with Crippen molar-refractivity contribution in [3.63, 3.8) is 0 Å². The molecule has 1 aromatic heterocycles. The van der Waals surface area contributed by atoms with Crippen LogP contribution in [0.4, 0.5) is 5.69 Å². The number of nitrogens with zero attached hydrogens (tertiary/aromatic N) is 1. The number of carbonyl (C=O) groups is 1. The number of amides is 1. The van der Waals surface area contributed by atoms with Crippen molar-refractivity contribution in [1.82, 2.24) is 4.98 Å². The smallest absolute Gasteiger partial charge is 0.256 e. The molecule has 3 aromatic rings. The van der Waals surface area contributed by atoms with Crippen LogP contribution in [0.3, 0.4) is 0 Å². The standard InChI is InChI=1S/C16H11BrN2O/c17-14-7-3-2-6-13(14)16(20)19-12-9-11-5-1-4-8-15(11)18-10-12/h1-10H,(H,19,20). The fraction of sp³-hybridized carbons (Fsp3) is 0. The molecule has 0 atom stereocenters. The molecule has 98 valence electrons. The Kier molecular flexibility index (Phi) is 3.48. The highest BCUT2D eigenvalue weighted by Crippen LogP contribution is 2.19. The summed E-state index contributed by atoms with van der Waals surface area (Å²) in [5, 5.41) is 3.86. The Morgan fingerprint density at radius 3 is 2.65 bits per heavy atom. The molecule has 2 aromatic carbocycles. The van der Waals surface area contributed by atoms with E-state index in [-0.39, 0.29) is 5.91 Å². The van der Waals surface area contributed by atoms with Gasteiger partial charge in [0.05, 0.1) is 23.0 Å². The summed E-state index contributed by atoms with van der Waals surface area (Å²) in [6.45, 7) is 0. The number of carbonyl (C=O) groups excluding carboxylic acids is 1. The summed E-state index contributed by atoms with van der Waals surface area (Å²) in [6, 6.07) is 17.0. The number of benzene rings is 2. The Labute approximate surface area is 124 Å². The second-order valence-corrected chi connectivity index (χ2v) is 5.21. The molecule has 1 heterocycles. The van der Waals surface area contributed by atoms with Gasteiger partial charge < -0.3 is 5.32 Å². The van der Waals surface area contributed by atoms with E-state index in [9.17, 15) is 4.79 Å². The van der Waals surface area contributed by atoms with Gasteiger partial charge in [-0.25, -0.2) is 0 Å². The number of pyridine rings is 1. The van der Waals surface area contributed by atoms with E-state index in [4.69, 9.17) is 0 Å². The van der Waals surface area contributed by atoms with Crippen LogP contribution in [0.25, 0.3) is 10.9 Å². The lowest BCUT2D eigenvalue weighted by Crippen LogP contribution is -2.12. The van der Waals surface area contributed by atoms with Crippen molar-refractivity contribution in [1.29, 1.82) is 0 Å². The summed E-state index contributed by atoms with van der Waals surface area (Å²) >= 11 is 3.37. The molecule has 0 radical (unpaired) electrons. The maximum atomic E-state index is 12.2. The van der Waals surface area contributed by atoms with Gasteiger partial charge in [-0.05, 0) is 40.2 Å². The van der Waals surface area contributed by atoms with E-state index in [0.717, 1.165) is 15.4 Å². The number of rotatable bonds is 2. The minimum Gasteiger partial charge on any atom is -0.321 e. The highest BCUT2D eigenvalue weighted by atomic mass is 79.9. The number of fused-ring (bicyclic) bond motifs is 1. The predicted octanol–water partition coefficient (Wildman–Crippen LogP) is 4.25. The Hall–Kier alpha value is -2.20. The Balaban J connectivity index is 1.89. The zero-order valence-electron chi connectivity index (χ0n) is 10.5. The van der Waals surface area contributed by atoms with Crippen molar-refractivity contribution in [2.45, 2.75) is 0 Å². The normalized spacial score (nSPS) is 10.4. The first-order valence-electron chi connectivity index (χ1n) is 6.15. The zero-order valence-corrected chi connectivity index (χ0v) is 12.1. The van der Waals surface area contributed by atoms with Gasteiger partial charge in [-0.15, -0.1) is 0 Å². The Bertz CT molecular complexity index is 786. The Morgan fingerprint density at radius 2 is 1.80 bits per heavy atom. The lowest BCUT2D eigenvalue weighted by molar-refractivity contribution is 0.102. The molecule has 3 rings (SSSR count). The molecule has 1 N–H and O–H groups in total. The molecule has 4 heteroatoms. The minimum absolute atomic E-state index is 0.158. The molecular weight excluding hydrogens is 316 g/mol. The quantitative estimate of drug-likeness (QED) is 0.764. The average molecular weight is 327 g/mol. The van der Waals surface area contributed by atoms with E-state index in [2.05, 4.69) is 26.2 Å². The molecule has 0 aliphatic heterocycles. The summed E-state index contributed by atoms with van der Waals surface area (Å²) in [7, 11) is 0. The van der Waals surface area contributed by atoms with Crippen molar-refractivity contribution in [3.05, 3.63) is 70.8 Å². The number of anilines is 1. The van der Waals surface area contributed by atoms with Crippen LogP contribution in [-0.2, 0) is 0 Å². The zero-order chi connectivity index (χ0) is 13.9. The Morgan fingerprint density at radius 1 is 1.05 bits per heavy atom. The van der Waals surface area contributed by atoms with Crippen molar-refractivity contribution in [2.24, 2.45) is 0 Å². The molecule has 0 spiro atoms. The molecule has 1 amide bonds. The molecule has 0 saturated heterocycles. The van der Waals surface area contributed by atoms with Crippen molar-refractivity contribution >= 4 is 38.4 Å². The van der Waals surface area contributed by atoms with Gasteiger partial charge in [-0.1, -0.05) is 30.3 Å². The van der Waals surface area contributed by atoms with Crippen molar-refractivity contribution in [2.75, 3.05) is 5.32 Å². The predicted molar refractivity (Wildman–Crippen MR) is 83.8 cm³/mol. The number of nitrogens with one attached hydrogen (secondary N) is 1. The molecule has 0 fully saturated rings. The number of aromatic nitrogens is 1. The van der Waals surface area contributed by atoms with Crippen LogP contribution in [0.5, 0.6) is 0 Å². The van der Waals surface area contributed by atoms with Crippen LogP contribution in [0.1, 0.15) is 10.4 Å². The number of hydrogen-bond donors (Lipinski definition) is 1. The van der Waals surface area contributed by atoms with Gasteiger partial charge in [0.2, 0.25) is 0 Å². The highest BCUT2D eigenvalue weighted by molar-refractivity contribution is 9.10. The van der Waals surface area contributed by atoms with Gasteiger partial charge in [0.25, 0.3) is 5.91 Å². The van der Waals surface area contributed by atoms with Crippen LogP contribution < -0.4 is 5.32 Å². The second-order valence-electron chi connectivity index (χ2n) is 4.35. The fourth-order valence-electron chi connectivity index (χ4n) is 1.98. The fourth-order valence-corrected chi connectivity index (χ4v) is 2.45. The lowest BCUT2D eigenvalue weighted by Gasteiger charge is -2.07. The third-order valence-electron chi connectivity index (χ3n) is 2.97. The first-order chi connectivity index (χ1) is 9.74. The summed E-state index contributed by atoms with van der Waals surface area (Å²) in [6.07, 6.45) is 1.66. The van der Waals surface area contributed by atoms with Gasteiger partial charge in [0.1, 0.15) is 0 Å². The van der Waals surface area contributed by atoms with E-state index >= 15 is 0 Å². The maximum Gasteiger partial charge on any atom is 0.256 e. The van der Waals surface area contributed by atoms with Gasteiger partial charge >= 0.3 is 0 Å². The lowest BCUT2D eigenvalue weighted by atomic mass is 10.2. The summed E-state index contributed by atoms with van der Waals surface area (Å²) < 4.78 is 0.770. The third-order valence-corrected chi connectivity index (χ3v) is 3.66. The average Bonchev–Trinajstić information content (AvgIpc) is 2.47. The molecule has 0 aliphatic rings. The molecule has 0 aliphatic carbocycles. The van der Waals surface area contributed by atoms with Crippen molar-refractivity contribution < 1.29 is 4.79 Å². The minimum atomic E-state index is -0.158. The van der Waals surface area contributed by atoms with E-state index < -0.39 is 0 Å². The van der Waals surface area contributed by atoms with Crippen LogP contribution in [0.15, 0.2) is 65.3 Å². The number of halogens is 1. The summed E-state index contributed by atoms with van der Waals surface area (Å²) in [4.78, 5) is 16.5. The van der Waals surface area contributed by atoms with Crippen LogP contribution in [-0.4, -0.2) is 10.9 Å². The van der Waals surface area contributed by atoms with E-state index in [1.165, 1.54) is 0 Å². The maximum absolute atomic E-state index is 12.2. The second kappa shape index (κ2) is 5.43. The van der Waals surface area contributed by atoms with Gasteiger partial charge in [-0.3, -0.25) is 9.78 Å². The topological polar surface area (TPSA) is 42.0 Å². The van der Waals surface area contributed by atoms with Crippen LogP contribution in [0.2, 0.25) is 0 Å². The van der Waals surface area contributed by atoms with Gasteiger partial charge in [0, 0.05) is 9.86 Å². The molecule has 0 unspecified atom stereocenters.